The highest BCUT2D eigenvalue weighted by molar-refractivity contribution is 6.31. The summed E-state index contributed by atoms with van der Waals surface area (Å²) in [5, 5.41) is 3.80. The van der Waals surface area contributed by atoms with Gasteiger partial charge in [-0.3, -0.25) is 9.59 Å². The molecule has 4 nitrogen and oxygen atoms in total. The van der Waals surface area contributed by atoms with Gasteiger partial charge in [0, 0.05) is 30.5 Å². The highest BCUT2D eigenvalue weighted by atomic mass is 35.5. The van der Waals surface area contributed by atoms with Gasteiger partial charge in [-0.2, -0.15) is 0 Å². The SMILES string of the molecule is CCC(=O)N(Cc1ccccc1Cl)C(Cc1ccccc1)C(=O)NC1CCCC1. The van der Waals surface area contributed by atoms with Gasteiger partial charge in [0.05, 0.1) is 0 Å². The van der Waals surface area contributed by atoms with Gasteiger partial charge in [-0.1, -0.05) is 79.9 Å². The van der Waals surface area contributed by atoms with Crippen LogP contribution in [0, 0.1) is 0 Å². The van der Waals surface area contributed by atoms with Crippen LogP contribution in [0.1, 0.15) is 50.2 Å². The van der Waals surface area contributed by atoms with Crippen molar-refractivity contribution in [2.24, 2.45) is 0 Å². The molecule has 0 aliphatic heterocycles. The van der Waals surface area contributed by atoms with E-state index >= 15 is 0 Å². The Kier molecular flexibility index (Phi) is 7.70. The van der Waals surface area contributed by atoms with Crippen molar-refractivity contribution in [2.75, 3.05) is 0 Å². The van der Waals surface area contributed by atoms with Gasteiger partial charge in [0.1, 0.15) is 6.04 Å². The summed E-state index contributed by atoms with van der Waals surface area (Å²) in [5.74, 6) is -0.123. The van der Waals surface area contributed by atoms with Crippen molar-refractivity contribution in [3.8, 4) is 0 Å². The average molecular weight is 413 g/mol. The van der Waals surface area contributed by atoms with E-state index in [2.05, 4.69) is 5.32 Å². The molecule has 1 aliphatic carbocycles. The molecule has 0 saturated heterocycles. The summed E-state index contributed by atoms with van der Waals surface area (Å²) in [4.78, 5) is 27.9. The Balaban J connectivity index is 1.88. The topological polar surface area (TPSA) is 49.4 Å². The van der Waals surface area contributed by atoms with Crippen molar-refractivity contribution in [3.63, 3.8) is 0 Å². The zero-order valence-corrected chi connectivity index (χ0v) is 17.7. The van der Waals surface area contributed by atoms with Crippen molar-refractivity contribution < 1.29 is 9.59 Å². The highest BCUT2D eigenvalue weighted by Gasteiger charge is 2.31. The first-order valence-electron chi connectivity index (χ1n) is 10.5. The van der Waals surface area contributed by atoms with Crippen molar-refractivity contribution >= 4 is 23.4 Å². The normalized spacial score (nSPS) is 15.1. The van der Waals surface area contributed by atoms with Crippen LogP contribution in [-0.4, -0.2) is 28.8 Å². The number of amides is 2. The van der Waals surface area contributed by atoms with Gasteiger partial charge >= 0.3 is 0 Å². The third-order valence-electron chi connectivity index (χ3n) is 5.57. The first-order chi connectivity index (χ1) is 14.1. The number of nitrogens with one attached hydrogen (secondary N) is 1. The second-order valence-corrected chi connectivity index (χ2v) is 8.07. The fraction of sp³-hybridized carbons (Fsp3) is 0.417. The quantitative estimate of drug-likeness (QED) is 0.680. The molecule has 2 aromatic rings. The minimum absolute atomic E-state index is 0.0487. The molecule has 0 bridgehead atoms. The van der Waals surface area contributed by atoms with E-state index < -0.39 is 6.04 Å². The van der Waals surface area contributed by atoms with E-state index in [9.17, 15) is 9.59 Å². The number of hydrogen-bond acceptors (Lipinski definition) is 2. The van der Waals surface area contributed by atoms with Gasteiger partial charge in [-0.05, 0) is 30.0 Å². The Morgan fingerprint density at radius 1 is 1.07 bits per heavy atom. The first-order valence-corrected chi connectivity index (χ1v) is 10.8. The molecule has 1 unspecified atom stereocenters. The molecule has 0 heterocycles. The molecule has 0 radical (unpaired) electrons. The molecule has 0 aromatic heterocycles. The van der Waals surface area contributed by atoms with E-state index in [0.29, 0.717) is 24.4 Å². The molecule has 3 rings (SSSR count). The predicted octanol–water partition coefficient (Wildman–Crippen LogP) is 4.75. The summed E-state index contributed by atoms with van der Waals surface area (Å²) < 4.78 is 0. The van der Waals surface area contributed by atoms with Gasteiger partial charge in [0.2, 0.25) is 11.8 Å². The second-order valence-electron chi connectivity index (χ2n) is 7.66. The van der Waals surface area contributed by atoms with E-state index in [1.165, 1.54) is 0 Å². The Morgan fingerprint density at radius 3 is 2.38 bits per heavy atom. The number of rotatable bonds is 8. The highest BCUT2D eigenvalue weighted by Crippen LogP contribution is 2.22. The summed E-state index contributed by atoms with van der Waals surface area (Å²) in [7, 11) is 0. The van der Waals surface area contributed by atoms with Crippen molar-refractivity contribution in [3.05, 3.63) is 70.7 Å². The summed E-state index contributed by atoms with van der Waals surface area (Å²) >= 11 is 6.36. The van der Waals surface area contributed by atoms with E-state index in [1.807, 2.05) is 61.5 Å². The van der Waals surface area contributed by atoms with E-state index in [-0.39, 0.29) is 17.9 Å². The Morgan fingerprint density at radius 2 is 1.72 bits per heavy atom. The standard InChI is InChI=1S/C24H29ClN2O2/c1-2-23(28)27(17-19-12-6-9-15-21(19)25)22(16-18-10-4-3-5-11-18)24(29)26-20-13-7-8-14-20/h3-6,9-12,15,20,22H,2,7-8,13-14,16-17H2,1H3,(H,26,29). The molecule has 1 atom stereocenters. The maximum absolute atomic E-state index is 13.3. The molecule has 1 fully saturated rings. The summed E-state index contributed by atoms with van der Waals surface area (Å²) in [6, 6.07) is 17.0. The first kappa shape index (κ1) is 21.4. The van der Waals surface area contributed by atoms with E-state index in [1.54, 1.807) is 4.90 Å². The van der Waals surface area contributed by atoms with Gasteiger partial charge in [0.15, 0.2) is 0 Å². The lowest BCUT2D eigenvalue weighted by atomic mass is 10.0. The van der Waals surface area contributed by atoms with Gasteiger partial charge in [0.25, 0.3) is 0 Å². The van der Waals surface area contributed by atoms with Crippen molar-refractivity contribution in [2.45, 2.75) is 64.1 Å². The second kappa shape index (κ2) is 10.4. The molecule has 2 aromatic carbocycles. The van der Waals surface area contributed by atoms with Crippen LogP contribution in [0.3, 0.4) is 0 Å². The number of carbonyl (C=O) groups is 2. The summed E-state index contributed by atoms with van der Waals surface area (Å²) in [5.41, 5.74) is 1.88. The largest absolute Gasteiger partial charge is 0.352 e. The predicted molar refractivity (Wildman–Crippen MR) is 117 cm³/mol. The molecule has 29 heavy (non-hydrogen) atoms. The molecular formula is C24H29ClN2O2. The Hall–Kier alpha value is -2.33. The number of halogens is 1. The average Bonchev–Trinajstić information content (AvgIpc) is 3.25. The van der Waals surface area contributed by atoms with Gasteiger partial charge in [-0.15, -0.1) is 0 Å². The number of hydrogen-bond donors (Lipinski definition) is 1. The Labute approximate surface area is 178 Å². The van der Waals surface area contributed by atoms with E-state index in [0.717, 1.165) is 36.8 Å². The lowest BCUT2D eigenvalue weighted by Gasteiger charge is -2.32. The molecule has 154 valence electrons. The molecule has 1 aliphatic rings. The van der Waals surface area contributed by atoms with Crippen LogP contribution in [0.2, 0.25) is 5.02 Å². The molecule has 2 amide bonds. The molecule has 0 spiro atoms. The van der Waals surface area contributed by atoms with Crippen LogP contribution in [0.4, 0.5) is 0 Å². The summed E-state index contributed by atoms with van der Waals surface area (Å²) in [6.07, 6.45) is 5.13. The van der Waals surface area contributed by atoms with Gasteiger partial charge < -0.3 is 10.2 Å². The lowest BCUT2D eigenvalue weighted by molar-refractivity contribution is -0.141. The number of nitrogens with zero attached hydrogens (tertiary/aromatic N) is 1. The smallest absolute Gasteiger partial charge is 0.243 e. The van der Waals surface area contributed by atoms with Crippen LogP contribution >= 0.6 is 11.6 Å². The zero-order chi connectivity index (χ0) is 20.6. The fourth-order valence-electron chi connectivity index (χ4n) is 3.93. The third kappa shape index (κ3) is 5.83. The Bertz CT molecular complexity index is 819. The monoisotopic (exact) mass is 412 g/mol. The van der Waals surface area contributed by atoms with Crippen LogP contribution < -0.4 is 5.32 Å². The molecule has 1 N–H and O–H groups in total. The number of carbonyl (C=O) groups excluding carboxylic acids is 2. The maximum atomic E-state index is 13.3. The molecular weight excluding hydrogens is 384 g/mol. The van der Waals surface area contributed by atoms with Gasteiger partial charge in [-0.25, -0.2) is 0 Å². The molecule has 5 heteroatoms. The zero-order valence-electron chi connectivity index (χ0n) is 16.9. The maximum Gasteiger partial charge on any atom is 0.243 e. The van der Waals surface area contributed by atoms with E-state index in [4.69, 9.17) is 11.6 Å². The van der Waals surface area contributed by atoms with Crippen LogP contribution in [0.15, 0.2) is 54.6 Å². The summed E-state index contributed by atoms with van der Waals surface area (Å²) in [6.45, 7) is 2.15. The minimum Gasteiger partial charge on any atom is -0.352 e. The number of benzene rings is 2. The van der Waals surface area contributed by atoms with Crippen LogP contribution in [0.25, 0.3) is 0 Å². The fourth-order valence-corrected chi connectivity index (χ4v) is 4.13. The molecule has 1 saturated carbocycles. The van der Waals surface area contributed by atoms with Crippen molar-refractivity contribution in [1.29, 1.82) is 0 Å². The lowest BCUT2D eigenvalue weighted by Crippen LogP contribution is -2.52. The van der Waals surface area contributed by atoms with Crippen LogP contribution in [-0.2, 0) is 22.6 Å². The van der Waals surface area contributed by atoms with Crippen LogP contribution in [0.5, 0.6) is 0 Å². The minimum atomic E-state index is -0.568. The van der Waals surface area contributed by atoms with Crippen molar-refractivity contribution in [1.82, 2.24) is 10.2 Å². The third-order valence-corrected chi connectivity index (χ3v) is 5.94.